The molecule has 0 aliphatic carbocycles. The summed E-state index contributed by atoms with van der Waals surface area (Å²) in [5, 5.41) is 8.11. The number of rotatable bonds is 9. The van der Waals surface area contributed by atoms with Crippen LogP contribution in [0.15, 0.2) is 46.9 Å². The molecule has 0 saturated heterocycles. The molecule has 0 spiro atoms. The van der Waals surface area contributed by atoms with Crippen LogP contribution in [0.25, 0.3) is 17.1 Å². The van der Waals surface area contributed by atoms with E-state index in [0.717, 1.165) is 11.4 Å². The summed E-state index contributed by atoms with van der Waals surface area (Å²) in [4.78, 5) is 17.2. The van der Waals surface area contributed by atoms with Gasteiger partial charge < -0.3 is 23.4 Å². The average molecular weight is 479 g/mol. The summed E-state index contributed by atoms with van der Waals surface area (Å²) < 4.78 is 29.0. The first-order valence-electron chi connectivity index (χ1n) is 11.0. The SMILES string of the molecule is CCOc1ccc(-n2nnc(C(=O)OCc3nc(-c4ccc(OC)cc4OC)oc3C)c2C)cc1. The lowest BCUT2D eigenvalue weighted by atomic mass is 10.2. The second-order valence-electron chi connectivity index (χ2n) is 7.53. The van der Waals surface area contributed by atoms with E-state index in [9.17, 15) is 4.79 Å². The van der Waals surface area contributed by atoms with Crippen LogP contribution < -0.4 is 14.2 Å². The van der Waals surface area contributed by atoms with Gasteiger partial charge in [-0.05, 0) is 57.2 Å². The van der Waals surface area contributed by atoms with Gasteiger partial charge >= 0.3 is 5.97 Å². The highest BCUT2D eigenvalue weighted by atomic mass is 16.5. The van der Waals surface area contributed by atoms with Gasteiger partial charge in [-0.25, -0.2) is 14.5 Å². The average Bonchev–Trinajstić information content (AvgIpc) is 3.45. The molecule has 0 saturated carbocycles. The summed E-state index contributed by atoms with van der Waals surface area (Å²) >= 11 is 0. The van der Waals surface area contributed by atoms with Crippen molar-refractivity contribution in [3.63, 3.8) is 0 Å². The maximum atomic E-state index is 12.7. The largest absolute Gasteiger partial charge is 0.497 e. The summed E-state index contributed by atoms with van der Waals surface area (Å²) in [5.74, 6) is 2.23. The van der Waals surface area contributed by atoms with Gasteiger partial charge in [-0.2, -0.15) is 0 Å². The minimum atomic E-state index is -0.606. The van der Waals surface area contributed by atoms with Crippen molar-refractivity contribution < 1.29 is 28.2 Å². The molecule has 0 atom stereocenters. The van der Waals surface area contributed by atoms with E-state index in [4.69, 9.17) is 23.4 Å². The Morgan fingerprint density at radius 3 is 2.46 bits per heavy atom. The Hall–Kier alpha value is -4.34. The zero-order valence-corrected chi connectivity index (χ0v) is 20.2. The number of oxazole rings is 1. The number of methoxy groups -OCH3 is 2. The predicted octanol–water partition coefficient (Wildman–Crippen LogP) is 4.31. The molecule has 4 rings (SSSR count). The fourth-order valence-electron chi connectivity index (χ4n) is 3.47. The molecule has 35 heavy (non-hydrogen) atoms. The van der Waals surface area contributed by atoms with E-state index in [2.05, 4.69) is 15.3 Å². The summed E-state index contributed by atoms with van der Waals surface area (Å²) in [6.45, 7) is 5.93. The van der Waals surface area contributed by atoms with Crippen molar-refractivity contribution in [1.82, 2.24) is 20.0 Å². The number of benzene rings is 2. The van der Waals surface area contributed by atoms with Gasteiger partial charge in [0.2, 0.25) is 5.89 Å². The predicted molar refractivity (Wildman–Crippen MR) is 126 cm³/mol. The second-order valence-corrected chi connectivity index (χ2v) is 7.53. The fraction of sp³-hybridized carbons (Fsp3) is 0.280. The third-order valence-corrected chi connectivity index (χ3v) is 5.35. The number of aromatic nitrogens is 4. The van der Waals surface area contributed by atoms with Crippen molar-refractivity contribution in [3.8, 4) is 34.4 Å². The van der Waals surface area contributed by atoms with Crippen molar-refractivity contribution >= 4 is 5.97 Å². The molecule has 0 radical (unpaired) electrons. The van der Waals surface area contributed by atoms with E-state index in [1.165, 1.54) is 0 Å². The van der Waals surface area contributed by atoms with Gasteiger partial charge in [-0.3, -0.25) is 0 Å². The molecule has 10 heteroatoms. The zero-order valence-electron chi connectivity index (χ0n) is 20.2. The molecular formula is C25H26N4O6. The lowest BCUT2D eigenvalue weighted by Gasteiger charge is -2.07. The third kappa shape index (κ3) is 4.96. The van der Waals surface area contributed by atoms with Gasteiger partial charge in [-0.1, -0.05) is 5.21 Å². The van der Waals surface area contributed by atoms with Crippen LogP contribution in [-0.4, -0.2) is 46.8 Å². The van der Waals surface area contributed by atoms with Crippen LogP contribution in [0.5, 0.6) is 17.2 Å². The molecule has 0 N–H and O–H groups in total. The highest BCUT2D eigenvalue weighted by molar-refractivity contribution is 5.88. The number of esters is 1. The van der Waals surface area contributed by atoms with Crippen molar-refractivity contribution in [3.05, 3.63) is 65.3 Å². The fourth-order valence-corrected chi connectivity index (χ4v) is 3.47. The second kappa shape index (κ2) is 10.3. The molecule has 0 amide bonds. The summed E-state index contributed by atoms with van der Waals surface area (Å²) in [6, 6.07) is 12.7. The Morgan fingerprint density at radius 1 is 1.03 bits per heavy atom. The summed E-state index contributed by atoms with van der Waals surface area (Å²) in [6.07, 6.45) is 0. The van der Waals surface area contributed by atoms with Crippen molar-refractivity contribution in [2.45, 2.75) is 27.4 Å². The molecule has 2 aromatic heterocycles. The molecule has 182 valence electrons. The van der Waals surface area contributed by atoms with Crippen LogP contribution >= 0.6 is 0 Å². The van der Waals surface area contributed by atoms with Crippen LogP contribution in [0.1, 0.15) is 34.6 Å². The minimum Gasteiger partial charge on any atom is -0.497 e. The van der Waals surface area contributed by atoms with E-state index in [1.807, 2.05) is 31.2 Å². The number of ether oxygens (including phenoxy) is 4. The standard InChI is InChI=1S/C25H26N4O6/c1-6-33-18-9-7-17(8-10-18)29-15(2)23(27-28-29)25(30)34-14-21-16(3)35-24(26-21)20-12-11-19(31-4)13-22(20)32-5/h7-13H,6,14H2,1-5H3. The van der Waals surface area contributed by atoms with Crippen molar-refractivity contribution in [1.29, 1.82) is 0 Å². The quantitative estimate of drug-likeness (QED) is 0.325. The van der Waals surface area contributed by atoms with Crippen molar-refractivity contribution in [2.24, 2.45) is 0 Å². The van der Waals surface area contributed by atoms with Gasteiger partial charge in [0.05, 0.1) is 37.8 Å². The highest BCUT2D eigenvalue weighted by Crippen LogP contribution is 2.33. The smallest absolute Gasteiger partial charge is 0.361 e. The Balaban J connectivity index is 1.48. The van der Waals surface area contributed by atoms with Crippen molar-refractivity contribution in [2.75, 3.05) is 20.8 Å². The van der Waals surface area contributed by atoms with Crippen LogP contribution in [0, 0.1) is 13.8 Å². The topological polar surface area (TPSA) is 111 Å². The van der Waals surface area contributed by atoms with Gasteiger partial charge in [0, 0.05) is 6.07 Å². The first-order chi connectivity index (χ1) is 16.9. The monoisotopic (exact) mass is 478 g/mol. The molecule has 2 heterocycles. The minimum absolute atomic E-state index is 0.0814. The van der Waals surface area contributed by atoms with Gasteiger partial charge in [0.25, 0.3) is 0 Å². The molecule has 0 bridgehead atoms. The number of carbonyl (C=O) groups is 1. The first kappa shape index (κ1) is 23.8. The normalized spacial score (nSPS) is 10.8. The maximum absolute atomic E-state index is 12.7. The Bertz CT molecular complexity index is 1330. The maximum Gasteiger partial charge on any atom is 0.361 e. The summed E-state index contributed by atoms with van der Waals surface area (Å²) in [7, 11) is 3.13. The van der Waals surface area contributed by atoms with E-state index in [0.29, 0.717) is 46.7 Å². The molecule has 2 aromatic carbocycles. The number of hydrogen-bond acceptors (Lipinski definition) is 9. The molecule has 0 fully saturated rings. The number of carbonyl (C=O) groups excluding carboxylic acids is 1. The molecule has 0 aliphatic heterocycles. The Kier molecular flexibility index (Phi) is 7.00. The number of nitrogens with zero attached hydrogens (tertiary/aromatic N) is 4. The zero-order chi connectivity index (χ0) is 24.9. The molecular weight excluding hydrogens is 452 g/mol. The summed E-state index contributed by atoms with van der Waals surface area (Å²) in [5.41, 5.74) is 2.57. The van der Waals surface area contributed by atoms with E-state index < -0.39 is 5.97 Å². The molecule has 10 nitrogen and oxygen atoms in total. The first-order valence-corrected chi connectivity index (χ1v) is 11.0. The molecule has 0 unspecified atom stereocenters. The lowest BCUT2D eigenvalue weighted by molar-refractivity contribution is 0.0459. The highest BCUT2D eigenvalue weighted by Gasteiger charge is 2.21. The van der Waals surface area contributed by atoms with Gasteiger partial charge in [0.1, 0.15) is 35.3 Å². The number of hydrogen-bond donors (Lipinski definition) is 0. The lowest BCUT2D eigenvalue weighted by Crippen LogP contribution is -2.09. The van der Waals surface area contributed by atoms with Crippen LogP contribution in [0.4, 0.5) is 0 Å². The van der Waals surface area contributed by atoms with E-state index in [1.54, 1.807) is 50.9 Å². The number of aryl methyl sites for hydroxylation is 1. The Morgan fingerprint density at radius 2 is 1.77 bits per heavy atom. The van der Waals surface area contributed by atoms with Gasteiger partial charge in [0.15, 0.2) is 5.69 Å². The van der Waals surface area contributed by atoms with Crippen LogP contribution in [-0.2, 0) is 11.3 Å². The van der Waals surface area contributed by atoms with Crippen LogP contribution in [0.3, 0.4) is 0 Å². The molecule has 0 aliphatic rings. The van der Waals surface area contributed by atoms with Crippen LogP contribution in [0.2, 0.25) is 0 Å². The third-order valence-electron chi connectivity index (χ3n) is 5.35. The molecule has 4 aromatic rings. The Labute approximate surface area is 202 Å². The van der Waals surface area contributed by atoms with E-state index in [-0.39, 0.29) is 12.3 Å². The van der Waals surface area contributed by atoms with Gasteiger partial charge in [-0.15, -0.1) is 5.10 Å². The van der Waals surface area contributed by atoms with E-state index >= 15 is 0 Å².